The molecule has 0 saturated heterocycles. The van der Waals surface area contributed by atoms with E-state index in [0.29, 0.717) is 16.7 Å². The molecule has 3 rings (SSSR count). The van der Waals surface area contributed by atoms with Crippen LogP contribution in [0.4, 0.5) is 18.9 Å². The summed E-state index contributed by atoms with van der Waals surface area (Å²) in [6.07, 6.45) is 2.08. The summed E-state index contributed by atoms with van der Waals surface area (Å²) >= 11 is 6.11. The maximum atomic E-state index is 12.9. The number of aliphatic imine (C=N–C) groups is 1. The molecule has 0 aromatic heterocycles. The Balaban J connectivity index is 1.74. The van der Waals surface area contributed by atoms with Crippen LogP contribution < -0.4 is 10.6 Å². The summed E-state index contributed by atoms with van der Waals surface area (Å²) in [6, 6.07) is 11.3. The molecule has 0 fully saturated rings. The zero-order chi connectivity index (χ0) is 23.3. The van der Waals surface area contributed by atoms with Gasteiger partial charge in [-0.05, 0) is 67.3 Å². The molecule has 1 unspecified atom stereocenters. The van der Waals surface area contributed by atoms with Crippen molar-refractivity contribution >= 4 is 28.4 Å². The highest BCUT2D eigenvalue weighted by Crippen LogP contribution is 2.30. The number of allylic oxidation sites excluding steroid dienone is 3. The third-order valence-electron chi connectivity index (χ3n) is 4.89. The number of carbonyl (C=O) groups excluding carboxylic acids is 1. The maximum Gasteiger partial charge on any atom is 0.416 e. The maximum absolute atomic E-state index is 12.9. The van der Waals surface area contributed by atoms with E-state index in [0.717, 1.165) is 24.1 Å². The molecule has 2 aromatic rings. The van der Waals surface area contributed by atoms with E-state index in [4.69, 9.17) is 11.6 Å². The number of halogens is 4. The van der Waals surface area contributed by atoms with Crippen LogP contribution in [0.15, 0.2) is 77.6 Å². The molecular weight excluding hydrogens is 439 g/mol. The number of hydrogen-bond donors (Lipinski definition) is 2. The Labute approximate surface area is 189 Å². The lowest BCUT2D eigenvalue weighted by Gasteiger charge is -2.19. The molecule has 0 saturated carbocycles. The van der Waals surface area contributed by atoms with Gasteiger partial charge in [-0.3, -0.25) is 4.79 Å². The number of amides is 1. The molecule has 0 bridgehead atoms. The van der Waals surface area contributed by atoms with Gasteiger partial charge >= 0.3 is 6.18 Å². The van der Waals surface area contributed by atoms with Gasteiger partial charge in [-0.1, -0.05) is 42.8 Å². The summed E-state index contributed by atoms with van der Waals surface area (Å²) < 4.78 is 38.8. The summed E-state index contributed by atoms with van der Waals surface area (Å²) in [6.45, 7) is 4.02. The Morgan fingerprint density at radius 1 is 1.19 bits per heavy atom. The van der Waals surface area contributed by atoms with Gasteiger partial charge in [0.15, 0.2) is 0 Å². The first-order valence-corrected chi connectivity index (χ1v) is 10.5. The smallest absolute Gasteiger partial charge is 0.364 e. The van der Waals surface area contributed by atoms with Crippen molar-refractivity contribution in [2.45, 2.75) is 32.5 Å². The fraction of sp³-hybridized carbons (Fsp3) is 0.250. The second-order valence-corrected chi connectivity index (χ2v) is 8.01. The molecule has 8 heteroatoms. The third kappa shape index (κ3) is 6.47. The normalized spacial score (nSPS) is 21.8. The lowest BCUT2D eigenvalue weighted by atomic mass is 10.1. The van der Waals surface area contributed by atoms with Gasteiger partial charge in [0.1, 0.15) is 11.0 Å². The Morgan fingerprint density at radius 2 is 1.94 bits per heavy atom. The van der Waals surface area contributed by atoms with Crippen molar-refractivity contribution < 1.29 is 18.0 Å². The van der Waals surface area contributed by atoms with E-state index in [9.17, 15) is 18.0 Å². The lowest BCUT2D eigenvalue weighted by Crippen LogP contribution is -2.19. The van der Waals surface area contributed by atoms with Crippen molar-refractivity contribution in [2.24, 2.45) is 10.9 Å². The Hall–Kier alpha value is -3.06. The minimum Gasteiger partial charge on any atom is -0.364 e. The molecule has 32 heavy (non-hydrogen) atoms. The largest absolute Gasteiger partial charge is 0.416 e. The van der Waals surface area contributed by atoms with Gasteiger partial charge in [-0.15, -0.1) is 0 Å². The number of nitrogens with one attached hydrogen (secondary N) is 2. The van der Waals surface area contributed by atoms with Gasteiger partial charge < -0.3 is 10.6 Å². The fourth-order valence-electron chi connectivity index (χ4n) is 3.22. The number of nitrogens with zero attached hydrogens (tertiary/aromatic N) is 1. The Morgan fingerprint density at radius 3 is 2.69 bits per heavy atom. The van der Waals surface area contributed by atoms with Gasteiger partial charge in [0.25, 0.3) is 5.91 Å². The number of benzene rings is 2. The van der Waals surface area contributed by atoms with Crippen molar-refractivity contribution in [1.82, 2.24) is 5.32 Å². The van der Waals surface area contributed by atoms with Gasteiger partial charge in [-0.2, -0.15) is 13.2 Å². The van der Waals surface area contributed by atoms with Crippen molar-refractivity contribution in [2.75, 3.05) is 5.32 Å². The molecule has 0 radical (unpaired) electrons. The molecule has 4 nitrogen and oxygen atoms in total. The lowest BCUT2D eigenvalue weighted by molar-refractivity contribution is -0.137. The second kappa shape index (κ2) is 10.0. The second-order valence-electron chi connectivity index (χ2n) is 7.63. The zero-order valence-electron chi connectivity index (χ0n) is 17.6. The van der Waals surface area contributed by atoms with E-state index in [-0.39, 0.29) is 17.5 Å². The summed E-state index contributed by atoms with van der Waals surface area (Å²) in [7, 11) is 0. The molecule has 0 aliphatic carbocycles. The van der Waals surface area contributed by atoms with Crippen LogP contribution in [0, 0.1) is 5.92 Å². The van der Waals surface area contributed by atoms with E-state index in [2.05, 4.69) is 22.5 Å². The first-order chi connectivity index (χ1) is 15.1. The standard InChI is InChI=1S/C24H23ClF3N3O/c1-15-6-3-11-21(25)31-22(12-15)29-16(2)17-7-5-10-20(14-17)30-23(32)18-8-4-9-19(13-18)24(26,27)28/h3-5,7-16,29H,6H2,1-2H3,(H,30,32)/b11-3+,22-12-,31-21-/t15?,16-/m0/s1. The van der Waals surface area contributed by atoms with Crippen LogP contribution >= 0.6 is 11.6 Å². The highest BCUT2D eigenvalue weighted by Gasteiger charge is 2.30. The quantitative estimate of drug-likeness (QED) is 0.521. The van der Waals surface area contributed by atoms with Crippen LogP contribution in [0.3, 0.4) is 0 Å². The fourth-order valence-corrected chi connectivity index (χ4v) is 3.40. The molecule has 0 spiro atoms. The molecule has 2 aromatic carbocycles. The van der Waals surface area contributed by atoms with E-state index in [1.54, 1.807) is 24.3 Å². The van der Waals surface area contributed by atoms with E-state index >= 15 is 0 Å². The molecule has 1 heterocycles. The highest BCUT2D eigenvalue weighted by molar-refractivity contribution is 6.68. The average Bonchev–Trinajstić information content (AvgIpc) is 2.72. The predicted molar refractivity (Wildman–Crippen MR) is 122 cm³/mol. The predicted octanol–water partition coefficient (Wildman–Crippen LogP) is 6.68. The number of alkyl halides is 3. The van der Waals surface area contributed by atoms with Gasteiger partial charge in [0.2, 0.25) is 0 Å². The minimum atomic E-state index is -4.51. The SMILES string of the molecule is CC1\C=C(N[C@@H](C)c2cccc(NC(=O)c3cccc(C(F)(F)F)c3)c2)/N=C(Cl)/C=C/C1. The number of hydrogen-bond acceptors (Lipinski definition) is 3. The average molecular weight is 462 g/mol. The molecule has 1 aliphatic heterocycles. The minimum absolute atomic E-state index is 0.0675. The van der Waals surface area contributed by atoms with Crippen molar-refractivity contribution in [3.63, 3.8) is 0 Å². The zero-order valence-corrected chi connectivity index (χ0v) is 18.3. The molecule has 1 aliphatic rings. The first kappa shape index (κ1) is 23.6. The molecule has 2 atom stereocenters. The number of carbonyl (C=O) groups is 1. The molecule has 1 amide bonds. The van der Waals surface area contributed by atoms with Crippen molar-refractivity contribution in [3.05, 3.63) is 89.3 Å². The van der Waals surface area contributed by atoms with Crippen LogP contribution in [0.5, 0.6) is 0 Å². The highest BCUT2D eigenvalue weighted by atomic mass is 35.5. The monoisotopic (exact) mass is 461 g/mol. The van der Waals surface area contributed by atoms with Crippen LogP contribution in [-0.2, 0) is 6.18 Å². The molecule has 2 N–H and O–H groups in total. The van der Waals surface area contributed by atoms with Crippen LogP contribution in [0.25, 0.3) is 0 Å². The molecule has 168 valence electrons. The summed E-state index contributed by atoms with van der Waals surface area (Å²) in [5, 5.41) is 6.36. The van der Waals surface area contributed by atoms with Gasteiger partial charge in [-0.25, -0.2) is 4.99 Å². The number of rotatable bonds is 5. The summed E-state index contributed by atoms with van der Waals surface area (Å²) in [5.41, 5.74) is 0.405. The van der Waals surface area contributed by atoms with Gasteiger partial charge in [0.05, 0.1) is 11.6 Å². The number of anilines is 1. The summed E-state index contributed by atoms with van der Waals surface area (Å²) in [4.78, 5) is 16.9. The topological polar surface area (TPSA) is 53.5 Å². The van der Waals surface area contributed by atoms with E-state index in [1.807, 2.05) is 25.1 Å². The third-order valence-corrected chi connectivity index (χ3v) is 5.10. The molecular formula is C24H23ClF3N3O. The Kier molecular flexibility index (Phi) is 7.40. The van der Waals surface area contributed by atoms with Crippen LogP contribution in [0.2, 0.25) is 0 Å². The van der Waals surface area contributed by atoms with Crippen molar-refractivity contribution in [1.29, 1.82) is 0 Å². The summed E-state index contributed by atoms with van der Waals surface area (Å²) in [5.74, 6) is 0.318. The first-order valence-electron chi connectivity index (χ1n) is 10.1. The van der Waals surface area contributed by atoms with E-state index in [1.165, 1.54) is 12.1 Å². The Bertz CT molecular complexity index is 1080. The van der Waals surface area contributed by atoms with Crippen LogP contribution in [-0.4, -0.2) is 11.1 Å². The van der Waals surface area contributed by atoms with Gasteiger partial charge in [0, 0.05) is 11.3 Å². The van der Waals surface area contributed by atoms with Crippen molar-refractivity contribution in [3.8, 4) is 0 Å². The van der Waals surface area contributed by atoms with Crippen LogP contribution in [0.1, 0.15) is 47.8 Å². The van der Waals surface area contributed by atoms with E-state index < -0.39 is 17.6 Å².